The molecule has 0 amide bonds. The molecule has 0 atom stereocenters. The van der Waals surface area contributed by atoms with Crippen LogP contribution in [0.15, 0.2) is 34.6 Å². The molecular formula is C16H19N3S. The summed E-state index contributed by atoms with van der Waals surface area (Å²) in [5.74, 6) is 0.641. The first kappa shape index (κ1) is 13.3. The Hall–Kier alpha value is -1.65. The molecule has 0 bridgehead atoms. The molecule has 2 aromatic rings. The Kier molecular flexibility index (Phi) is 3.59. The van der Waals surface area contributed by atoms with Crippen molar-refractivity contribution in [3.63, 3.8) is 0 Å². The highest BCUT2D eigenvalue weighted by Crippen LogP contribution is 2.31. The number of aliphatic imine (C=N–C) groups is 1. The SMILES string of the molecule is CC(C)NCc1ccc2c(c1)N=C(N)c1sccc1C2. The van der Waals surface area contributed by atoms with Gasteiger partial charge in [0.2, 0.25) is 0 Å². The molecule has 20 heavy (non-hydrogen) atoms. The predicted octanol–water partition coefficient (Wildman–Crippen LogP) is 3.19. The maximum absolute atomic E-state index is 6.12. The van der Waals surface area contributed by atoms with Gasteiger partial charge in [-0.25, -0.2) is 4.99 Å². The van der Waals surface area contributed by atoms with Crippen molar-refractivity contribution in [1.29, 1.82) is 0 Å². The zero-order chi connectivity index (χ0) is 14.1. The molecule has 3 rings (SSSR count). The van der Waals surface area contributed by atoms with Crippen molar-refractivity contribution in [2.75, 3.05) is 0 Å². The first-order valence-electron chi connectivity index (χ1n) is 6.89. The third kappa shape index (κ3) is 2.62. The summed E-state index contributed by atoms with van der Waals surface area (Å²) < 4.78 is 0. The Morgan fingerprint density at radius 3 is 2.95 bits per heavy atom. The van der Waals surface area contributed by atoms with Crippen molar-refractivity contribution in [3.8, 4) is 0 Å². The third-order valence-corrected chi connectivity index (χ3v) is 4.44. The van der Waals surface area contributed by atoms with Crippen LogP contribution in [0.4, 0.5) is 5.69 Å². The van der Waals surface area contributed by atoms with Crippen molar-refractivity contribution in [3.05, 3.63) is 51.2 Å². The zero-order valence-corrected chi connectivity index (χ0v) is 12.6. The van der Waals surface area contributed by atoms with Crippen LogP contribution in [0, 0.1) is 0 Å². The lowest BCUT2D eigenvalue weighted by Gasteiger charge is -2.10. The van der Waals surface area contributed by atoms with E-state index in [0.717, 1.165) is 23.5 Å². The lowest BCUT2D eigenvalue weighted by molar-refractivity contribution is 0.589. The normalized spacial score (nSPS) is 13.7. The molecule has 0 radical (unpaired) electrons. The van der Waals surface area contributed by atoms with Crippen LogP contribution in [0.1, 0.15) is 35.4 Å². The Balaban J connectivity index is 1.94. The van der Waals surface area contributed by atoms with Crippen molar-refractivity contribution < 1.29 is 0 Å². The average Bonchev–Trinajstić information content (AvgIpc) is 2.82. The van der Waals surface area contributed by atoms with Crippen molar-refractivity contribution in [1.82, 2.24) is 5.32 Å². The van der Waals surface area contributed by atoms with E-state index in [-0.39, 0.29) is 0 Å². The van der Waals surface area contributed by atoms with Gasteiger partial charge in [-0.15, -0.1) is 11.3 Å². The van der Waals surface area contributed by atoms with Crippen LogP contribution in [0.3, 0.4) is 0 Å². The number of benzene rings is 1. The highest BCUT2D eigenvalue weighted by molar-refractivity contribution is 7.12. The number of hydrogen-bond acceptors (Lipinski definition) is 4. The number of thiophene rings is 1. The summed E-state index contributed by atoms with van der Waals surface area (Å²) in [7, 11) is 0. The highest BCUT2D eigenvalue weighted by Gasteiger charge is 2.16. The van der Waals surface area contributed by atoms with Gasteiger partial charge < -0.3 is 11.1 Å². The number of nitrogens with two attached hydrogens (primary N) is 1. The van der Waals surface area contributed by atoms with Crippen LogP contribution in [-0.2, 0) is 13.0 Å². The zero-order valence-electron chi connectivity index (χ0n) is 11.8. The molecule has 1 aromatic carbocycles. The molecule has 104 valence electrons. The molecular weight excluding hydrogens is 266 g/mol. The van der Waals surface area contributed by atoms with Crippen LogP contribution in [-0.4, -0.2) is 11.9 Å². The molecule has 0 unspecified atom stereocenters. The van der Waals surface area contributed by atoms with Gasteiger partial charge in [0.05, 0.1) is 10.6 Å². The first-order valence-corrected chi connectivity index (χ1v) is 7.77. The summed E-state index contributed by atoms with van der Waals surface area (Å²) in [6.45, 7) is 5.16. The number of amidine groups is 1. The minimum Gasteiger partial charge on any atom is -0.382 e. The monoisotopic (exact) mass is 285 g/mol. The summed E-state index contributed by atoms with van der Waals surface area (Å²) in [5.41, 5.74) is 10.9. The summed E-state index contributed by atoms with van der Waals surface area (Å²) in [6, 6.07) is 9.13. The number of rotatable bonds is 3. The second kappa shape index (κ2) is 5.38. The van der Waals surface area contributed by atoms with E-state index in [9.17, 15) is 0 Å². The minimum absolute atomic E-state index is 0.481. The number of nitrogens with zero attached hydrogens (tertiary/aromatic N) is 1. The fourth-order valence-electron chi connectivity index (χ4n) is 2.38. The van der Waals surface area contributed by atoms with Gasteiger partial charge >= 0.3 is 0 Å². The summed E-state index contributed by atoms with van der Waals surface area (Å²) >= 11 is 1.67. The van der Waals surface area contributed by atoms with Crippen molar-refractivity contribution in [2.24, 2.45) is 10.7 Å². The Morgan fingerprint density at radius 2 is 2.15 bits per heavy atom. The van der Waals surface area contributed by atoms with Gasteiger partial charge in [0, 0.05) is 19.0 Å². The van der Waals surface area contributed by atoms with Crippen LogP contribution in [0.25, 0.3) is 0 Å². The minimum atomic E-state index is 0.481. The number of hydrogen-bond donors (Lipinski definition) is 2. The van der Waals surface area contributed by atoms with Gasteiger partial charge in [0.1, 0.15) is 5.84 Å². The summed E-state index contributed by atoms with van der Waals surface area (Å²) in [4.78, 5) is 5.73. The van der Waals surface area contributed by atoms with Gasteiger partial charge in [-0.1, -0.05) is 26.0 Å². The topological polar surface area (TPSA) is 50.4 Å². The van der Waals surface area contributed by atoms with Gasteiger partial charge in [0.25, 0.3) is 0 Å². The lowest BCUT2D eigenvalue weighted by Crippen LogP contribution is -2.21. The van der Waals surface area contributed by atoms with E-state index in [4.69, 9.17) is 5.73 Å². The molecule has 0 spiro atoms. The second-order valence-electron chi connectivity index (χ2n) is 5.45. The molecule has 0 saturated carbocycles. The summed E-state index contributed by atoms with van der Waals surface area (Å²) in [5, 5.41) is 5.51. The Labute approximate surface area is 123 Å². The molecule has 0 aliphatic carbocycles. The lowest BCUT2D eigenvalue weighted by atomic mass is 10.0. The third-order valence-electron chi connectivity index (χ3n) is 3.47. The van der Waals surface area contributed by atoms with Gasteiger partial charge in [-0.3, -0.25) is 0 Å². The van der Waals surface area contributed by atoms with E-state index in [1.54, 1.807) is 11.3 Å². The predicted molar refractivity (Wildman–Crippen MR) is 85.9 cm³/mol. The fraction of sp³-hybridized carbons (Fsp3) is 0.312. The molecule has 0 saturated heterocycles. The molecule has 0 fully saturated rings. The molecule has 1 aliphatic rings. The Morgan fingerprint density at radius 1 is 1.30 bits per heavy atom. The number of nitrogens with one attached hydrogen (secondary N) is 1. The van der Waals surface area contributed by atoms with E-state index in [1.807, 2.05) is 0 Å². The standard InChI is InChI=1S/C16H19N3S/c1-10(2)18-9-11-3-4-12-8-13-5-6-20-15(13)16(17)19-14(12)7-11/h3-7,10,18H,8-9H2,1-2H3,(H2,17,19). The van der Waals surface area contributed by atoms with Gasteiger partial charge in [-0.2, -0.15) is 0 Å². The fourth-order valence-corrected chi connectivity index (χ4v) is 3.21. The molecule has 4 heteroatoms. The molecule has 1 aliphatic heterocycles. The maximum Gasteiger partial charge on any atom is 0.141 e. The van der Waals surface area contributed by atoms with Crippen molar-refractivity contribution >= 4 is 22.9 Å². The maximum atomic E-state index is 6.12. The Bertz CT molecular complexity index is 655. The number of fused-ring (bicyclic) bond motifs is 2. The van der Waals surface area contributed by atoms with Gasteiger partial charge in [-0.05, 0) is 34.2 Å². The first-order chi connectivity index (χ1) is 9.63. The second-order valence-corrected chi connectivity index (χ2v) is 6.36. The molecule has 2 heterocycles. The smallest absolute Gasteiger partial charge is 0.141 e. The molecule has 3 nitrogen and oxygen atoms in total. The van der Waals surface area contributed by atoms with Crippen LogP contribution < -0.4 is 11.1 Å². The highest BCUT2D eigenvalue weighted by atomic mass is 32.1. The quantitative estimate of drug-likeness (QED) is 0.910. The van der Waals surface area contributed by atoms with Crippen LogP contribution >= 0.6 is 11.3 Å². The van der Waals surface area contributed by atoms with E-state index in [2.05, 4.69) is 53.8 Å². The molecule has 1 aromatic heterocycles. The van der Waals surface area contributed by atoms with Crippen molar-refractivity contribution in [2.45, 2.75) is 32.9 Å². The van der Waals surface area contributed by atoms with Crippen LogP contribution in [0.5, 0.6) is 0 Å². The summed E-state index contributed by atoms with van der Waals surface area (Å²) in [6.07, 6.45) is 0.913. The van der Waals surface area contributed by atoms with E-state index < -0.39 is 0 Å². The molecule has 3 N–H and O–H groups in total. The van der Waals surface area contributed by atoms with Gasteiger partial charge in [0.15, 0.2) is 0 Å². The van der Waals surface area contributed by atoms with E-state index >= 15 is 0 Å². The largest absolute Gasteiger partial charge is 0.382 e. The van der Waals surface area contributed by atoms with Crippen LogP contribution in [0.2, 0.25) is 0 Å². The van der Waals surface area contributed by atoms with E-state index in [1.165, 1.54) is 16.7 Å². The van der Waals surface area contributed by atoms with E-state index in [0.29, 0.717) is 11.9 Å². The average molecular weight is 285 g/mol.